The molecule has 156 valence electrons. The third-order valence-corrected chi connectivity index (χ3v) is 5.56. The summed E-state index contributed by atoms with van der Waals surface area (Å²) in [5.41, 5.74) is 1.44. The van der Waals surface area contributed by atoms with Crippen LogP contribution in [0.1, 0.15) is 11.1 Å². The number of carbonyl (C=O) groups excluding carboxylic acids is 3. The second-order valence-corrected chi connectivity index (χ2v) is 7.92. The molecule has 0 aromatic heterocycles. The first kappa shape index (κ1) is 20.9. The zero-order chi connectivity index (χ0) is 22.0. The highest BCUT2D eigenvalue weighted by molar-refractivity contribution is 14.1. The van der Waals surface area contributed by atoms with Crippen molar-refractivity contribution in [3.63, 3.8) is 0 Å². The smallest absolute Gasteiger partial charge is 0.328 e. The van der Waals surface area contributed by atoms with Crippen molar-refractivity contribution >= 4 is 57.3 Å². The quantitative estimate of drug-likeness (QED) is 0.299. The van der Waals surface area contributed by atoms with Crippen LogP contribution in [-0.2, 0) is 16.2 Å². The Balaban J connectivity index is 1.62. The van der Waals surface area contributed by atoms with Gasteiger partial charge in [0, 0.05) is 0 Å². The van der Waals surface area contributed by atoms with Crippen LogP contribution in [0.2, 0.25) is 0 Å². The third-order valence-electron chi connectivity index (χ3n) is 4.76. The molecule has 7 nitrogen and oxygen atoms in total. The van der Waals surface area contributed by atoms with E-state index >= 15 is 0 Å². The van der Waals surface area contributed by atoms with Crippen LogP contribution in [0.4, 0.5) is 4.79 Å². The van der Waals surface area contributed by atoms with Gasteiger partial charge in [-0.05, 0) is 62.7 Å². The second-order valence-electron chi connectivity index (χ2n) is 6.76. The number of urea groups is 1. The van der Waals surface area contributed by atoms with Gasteiger partial charge in [0.1, 0.15) is 12.2 Å². The lowest BCUT2D eigenvalue weighted by molar-refractivity contribution is -0.123. The maximum atomic E-state index is 12.0. The third kappa shape index (κ3) is 4.38. The molecule has 4 amide bonds. The van der Waals surface area contributed by atoms with E-state index < -0.39 is 17.8 Å². The van der Waals surface area contributed by atoms with Gasteiger partial charge in [0.05, 0.1) is 10.7 Å². The zero-order valence-electron chi connectivity index (χ0n) is 16.4. The van der Waals surface area contributed by atoms with Crippen LogP contribution in [0, 0.1) is 3.57 Å². The van der Waals surface area contributed by atoms with Gasteiger partial charge in [0.2, 0.25) is 0 Å². The first-order valence-corrected chi connectivity index (χ1v) is 10.4. The van der Waals surface area contributed by atoms with Crippen LogP contribution in [0.15, 0.2) is 60.2 Å². The Kier molecular flexibility index (Phi) is 5.90. The van der Waals surface area contributed by atoms with Crippen LogP contribution < -0.4 is 20.1 Å². The number of benzene rings is 3. The molecule has 1 aliphatic heterocycles. The van der Waals surface area contributed by atoms with Crippen molar-refractivity contribution in [3.05, 3.63) is 74.9 Å². The highest BCUT2D eigenvalue weighted by Crippen LogP contribution is 2.35. The van der Waals surface area contributed by atoms with E-state index in [1.807, 2.05) is 24.3 Å². The van der Waals surface area contributed by atoms with Crippen molar-refractivity contribution in [2.75, 3.05) is 7.11 Å². The van der Waals surface area contributed by atoms with Crippen molar-refractivity contribution in [2.24, 2.45) is 0 Å². The number of nitrogens with one attached hydrogen (secondary N) is 2. The molecule has 1 saturated heterocycles. The Bertz CT molecular complexity index is 1220. The number of methoxy groups -OCH3 is 1. The fraction of sp³-hybridized carbons (Fsp3) is 0.0870. The minimum atomic E-state index is -0.837. The Morgan fingerprint density at radius 3 is 2.42 bits per heavy atom. The summed E-state index contributed by atoms with van der Waals surface area (Å²) in [4.78, 5) is 35.2. The SMILES string of the molecule is COc1cc(C=C2C(=O)NC(=O)NC2=O)cc(I)c1OCc1cccc2ccccc12. The van der Waals surface area contributed by atoms with Gasteiger partial charge in [0.25, 0.3) is 11.8 Å². The van der Waals surface area contributed by atoms with Crippen molar-refractivity contribution < 1.29 is 23.9 Å². The van der Waals surface area contributed by atoms with Crippen molar-refractivity contribution in [1.29, 1.82) is 0 Å². The molecule has 0 aliphatic carbocycles. The van der Waals surface area contributed by atoms with E-state index in [0.29, 0.717) is 23.7 Å². The molecule has 2 N–H and O–H groups in total. The Morgan fingerprint density at radius 1 is 0.968 bits per heavy atom. The summed E-state index contributed by atoms with van der Waals surface area (Å²) in [6, 6.07) is 16.8. The normalized spacial score (nSPS) is 13.6. The minimum absolute atomic E-state index is 0.165. The first-order valence-electron chi connectivity index (χ1n) is 9.31. The van der Waals surface area contributed by atoms with E-state index in [1.165, 1.54) is 13.2 Å². The molecule has 1 fully saturated rings. The summed E-state index contributed by atoms with van der Waals surface area (Å²) in [5.74, 6) is -0.476. The van der Waals surface area contributed by atoms with Crippen LogP contribution in [0.25, 0.3) is 16.8 Å². The highest BCUT2D eigenvalue weighted by Gasteiger charge is 2.28. The van der Waals surface area contributed by atoms with Gasteiger partial charge in [-0.1, -0.05) is 42.5 Å². The molecule has 1 heterocycles. The van der Waals surface area contributed by atoms with Crippen LogP contribution >= 0.6 is 22.6 Å². The molecule has 0 bridgehead atoms. The molecule has 1 aliphatic rings. The highest BCUT2D eigenvalue weighted by atomic mass is 127. The Labute approximate surface area is 191 Å². The fourth-order valence-electron chi connectivity index (χ4n) is 3.30. The van der Waals surface area contributed by atoms with E-state index in [9.17, 15) is 14.4 Å². The number of imide groups is 2. The number of carbonyl (C=O) groups is 3. The molecule has 3 aromatic carbocycles. The van der Waals surface area contributed by atoms with Crippen LogP contribution in [-0.4, -0.2) is 25.0 Å². The molecular formula is C23H17IN2O5. The van der Waals surface area contributed by atoms with Gasteiger partial charge < -0.3 is 9.47 Å². The number of amides is 4. The van der Waals surface area contributed by atoms with Crippen LogP contribution in [0.3, 0.4) is 0 Å². The summed E-state index contributed by atoms with van der Waals surface area (Å²) in [5, 5.41) is 6.35. The van der Waals surface area contributed by atoms with E-state index in [1.54, 1.807) is 12.1 Å². The first-order chi connectivity index (χ1) is 15.0. The molecule has 4 rings (SSSR count). The molecule has 0 atom stereocenters. The van der Waals surface area contributed by atoms with E-state index in [-0.39, 0.29) is 5.57 Å². The van der Waals surface area contributed by atoms with Gasteiger partial charge in [-0.25, -0.2) is 4.79 Å². The number of hydrogen-bond donors (Lipinski definition) is 2. The molecular weight excluding hydrogens is 511 g/mol. The van der Waals surface area contributed by atoms with Gasteiger partial charge in [-0.15, -0.1) is 0 Å². The van der Waals surface area contributed by atoms with Gasteiger partial charge in [-0.2, -0.15) is 0 Å². The number of ether oxygens (including phenoxy) is 2. The van der Waals surface area contributed by atoms with Gasteiger partial charge in [-0.3, -0.25) is 20.2 Å². The number of rotatable bonds is 5. The van der Waals surface area contributed by atoms with E-state index in [0.717, 1.165) is 19.9 Å². The second kappa shape index (κ2) is 8.76. The summed E-state index contributed by atoms with van der Waals surface area (Å²) in [6.07, 6.45) is 1.40. The van der Waals surface area contributed by atoms with Crippen LogP contribution in [0.5, 0.6) is 11.5 Å². The lowest BCUT2D eigenvalue weighted by Gasteiger charge is -2.16. The maximum Gasteiger partial charge on any atom is 0.328 e. The predicted octanol–water partition coefficient (Wildman–Crippen LogP) is 3.78. The summed E-state index contributed by atoms with van der Waals surface area (Å²) >= 11 is 2.11. The topological polar surface area (TPSA) is 93.7 Å². The Morgan fingerprint density at radius 2 is 1.68 bits per heavy atom. The number of fused-ring (bicyclic) bond motifs is 1. The molecule has 8 heteroatoms. The molecule has 31 heavy (non-hydrogen) atoms. The molecule has 0 saturated carbocycles. The minimum Gasteiger partial charge on any atom is -0.493 e. The lowest BCUT2D eigenvalue weighted by Crippen LogP contribution is -2.51. The van der Waals surface area contributed by atoms with E-state index in [4.69, 9.17) is 9.47 Å². The maximum absolute atomic E-state index is 12.0. The lowest BCUT2D eigenvalue weighted by atomic mass is 10.1. The van der Waals surface area contributed by atoms with Crippen molar-refractivity contribution in [3.8, 4) is 11.5 Å². The van der Waals surface area contributed by atoms with Gasteiger partial charge >= 0.3 is 6.03 Å². The molecule has 0 unspecified atom stereocenters. The molecule has 0 radical (unpaired) electrons. The Hall–Kier alpha value is -3.40. The number of halogens is 1. The summed E-state index contributed by atoms with van der Waals surface area (Å²) in [6.45, 7) is 0.348. The standard InChI is InChI=1S/C23H17IN2O5/c1-30-19-11-13(9-17-21(27)25-23(29)26-22(17)28)10-18(24)20(19)31-12-15-7-4-6-14-5-2-3-8-16(14)15/h2-11H,12H2,1H3,(H2,25,26,27,28,29). The van der Waals surface area contributed by atoms with Crippen molar-refractivity contribution in [1.82, 2.24) is 10.6 Å². The molecule has 3 aromatic rings. The monoisotopic (exact) mass is 528 g/mol. The largest absolute Gasteiger partial charge is 0.493 e. The van der Waals surface area contributed by atoms with E-state index in [2.05, 4.69) is 51.4 Å². The summed E-state index contributed by atoms with van der Waals surface area (Å²) < 4.78 is 12.3. The number of barbiturate groups is 1. The predicted molar refractivity (Wildman–Crippen MR) is 124 cm³/mol. The average molecular weight is 528 g/mol. The van der Waals surface area contributed by atoms with Crippen molar-refractivity contribution in [2.45, 2.75) is 6.61 Å². The van der Waals surface area contributed by atoms with Gasteiger partial charge in [0.15, 0.2) is 11.5 Å². The molecule has 0 spiro atoms. The number of hydrogen-bond acceptors (Lipinski definition) is 5. The zero-order valence-corrected chi connectivity index (χ0v) is 18.6. The fourth-order valence-corrected chi connectivity index (χ4v) is 4.09. The summed E-state index contributed by atoms with van der Waals surface area (Å²) in [7, 11) is 1.52. The average Bonchev–Trinajstić information content (AvgIpc) is 2.75.